The van der Waals surface area contributed by atoms with Gasteiger partial charge in [-0.1, -0.05) is 24.3 Å². The van der Waals surface area contributed by atoms with Gasteiger partial charge in [0.15, 0.2) is 0 Å². The van der Waals surface area contributed by atoms with Crippen LogP contribution in [0.15, 0.2) is 65.4 Å². The van der Waals surface area contributed by atoms with E-state index < -0.39 is 0 Å². The molecule has 1 N–H and O–H groups in total. The predicted octanol–water partition coefficient (Wildman–Crippen LogP) is 2.80. The number of carbonyl (C=O) groups is 2. The van der Waals surface area contributed by atoms with Crippen LogP contribution in [0.1, 0.15) is 37.7 Å². The summed E-state index contributed by atoms with van der Waals surface area (Å²) in [5.74, 6) is 0.222. The lowest BCUT2D eigenvalue weighted by molar-refractivity contribution is 0.0734. The Hall–Kier alpha value is -3.41. The van der Waals surface area contributed by atoms with Gasteiger partial charge in [0, 0.05) is 24.8 Å². The highest BCUT2D eigenvalue weighted by Gasteiger charge is 2.22. The van der Waals surface area contributed by atoms with Crippen LogP contribution < -0.4 is 5.32 Å². The van der Waals surface area contributed by atoms with Crippen molar-refractivity contribution in [1.82, 2.24) is 15.2 Å². The maximum atomic E-state index is 12.9. The molecule has 27 heavy (non-hydrogen) atoms. The Kier molecular flexibility index (Phi) is 4.70. The van der Waals surface area contributed by atoms with Gasteiger partial charge in [0.25, 0.3) is 11.8 Å². The summed E-state index contributed by atoms with van der Waals surface area (Å²) in [5, 5.41) is 2.74. The third-order valence-corrected chi connectivity index (χ3v) is 4.66. The smallest absolute Gasteiger partial charge is 0.270 e. The van der Waals surface area contributed by atoms with Crippen molar-refractivity contribution in [3.8, 4) is 0 Å². The Morgan fingerprint density at radius 1 is 1.11 bits per heavy atom. The Bertz CT molecular complexity index is 966. The molecule has 0 unspecified atom stereocenters. The van der Waals surface area contributed by atoms with E-state index in [4.69, 9.17) is 4.42 Å². The van der Waals surface area contributed by atoms with Crippen molar-refractivity contribution in [3.05, 3.63) is 89.1 Å². The van der Waals surface area contributed by atoms with Crippen molar-refractivity contribution in [1.29, 1.82) is 0 Å². The molecule has 4 rings (SSSR count). The number of nitrogens with one attached hydrogen (secondary N) is 1. The number of aromatic nitrogens is 1. The number of benzene rings is 1. The summed E-state index contributed by atoms with van der Waals surface area (Å²) in [6, 6.07) is 14.9. The Balaban J connectivity index is 1.45. The first-order valence-electron chi connectivity index (χ1n) is 8.83. The lowest BCUT2D eigenvalue weighted by Crippen LogP contribution is -2.36. The first-order valence-corrected chi connectivity index (χ1v) is 8.83. The molecule has 0 spiro atoms. The van der Waals surface area contributed by atoms with Crippen molar-refractivity contribution in [2.45, 2.75) is 19.5 Å². The van der Waals surface area contributed by atoms with E-state index in [1.165, 1.54) is 17.3 Å². The summed E-state index contributed by atoms with van der Waals surface area (Å²) >= 11 is 0. The summed E-state index contributed by atoms with van der Waals surface area (Å²) in [5.41, 5.74) is 3.13. The van der Waals surface area contributed by atoms with E-state index in [9.17, 15) is 9.59 Å². The zero-order chi connectivity index (χ0) is 18.6. The van der Waals surface area contributed by atoms with E-state index in [1.807, 2.05) is 17.0 Å². The van der Waals surface area contributed by atoms with E-state index in [0.717, 1.165) is 6.42 Å². The molecule has 0 saturated carbocycles. The fourth-order valence-electron chi connectivity index (χ4n) is 3.21. The van der Waals surface area contributed by atoms with Crippen LogP contribution in [0.2, 0.25) is 0 Å². The minimum Gasteiger partial charge on any atom is -0.467 e. The van der Waals surface area contributed by atoms with Gasteiger partial charge in [0.05, 0.1) is 12.8 Å². The average Bonchev–Trinajstić information content (AvgIpc) is 3.25. The Morgan fingerprint density at radius 2 is 1.96 bits per heavy atom. The molecule has 0 fully saturated rings. The van der Waals surface area contributed by atoms with E-state index in [2.05, 4.69) is 22.4 Å². The van der Waals surface area contributed by atoms with Crippen LogP contribution >= 0.6 is 0 Å². The lowest BCUT2D eigenvalue weighted by Gasteiger charge is -2.29. The van der Waals surface area contributed by atoms with Gasteiger partial charge in [-0.25, -0.2) is 0 Å². The second kappa shape index (κ2) is 7.45. The fourth-order valence-corrected chi connectivity index (χ4v) is 3.21. The van der Waals surface area contributed by atoms with Crippen LogP contribution in [-0.2, 0) is 19.5 Å². The number of rotatable bonds is 4. The number of nitrogens with zero attached hydrogens (tertiary/aromatic N) is 2. The number of pyridine rings is 1. The van der Waals surface area contributed by atoms with Crippen LogP contribution in [0.4, 0.5) is 0 Å². The maximum absolute atomic E-state index is 12.9. The minimum absolute atomic E-state index is 0.0908. The molecule has 1 aliphatic heterocycles. The largest absolute Gasteiger partial charge is 0.467 e. The average molecular weight is 361 g/mol. The standard InChI is InChI=1S/C21H19N3O3/c25-20(23-13-18-6-3-11-27-18)19-12-16(7-9-22-19)21(26)24-10-8-15-4-1-2-5-17(15)14-24/h1-7,9,11-12H,8,10,13-14H2,(H,23,25). The third kappa shape index (κ3) is 3.74. The normalized spacial score (nSPS) is 13.1. The highest BCUT2D eigenvalue weighted by Crippen LogP contribution is 2.20. The molecular weight excluding hydrogens is 342 g/mol. The van der Waals surface area contributed by atoms with Gasteiger partial charge in [-0.15, -0.1) is 0 Å². The van der Waals surface area contributed by atoms with Crippen LogP contribution in [0, 0.1) is 0 Å². The van der Waals surface area contributed by atoms with E-state index in [0.29, 0.717) is 24.4 Å². The zero-order valence-corrected chi connectivity index (χ0v) is 14.7. The van der Waals surface area contributed by atoms with Gasteiger partial charge in [0.2, 0.25) is 0 Å². The van der Waals surface area contributed by atoms with Gasteiger partial charge >= 0.3 is 0 Å². The van der Waals surface area contributed by atoms with Gasteiger partial charge in [0.1, 0.15) is 11.5 Å². The van der Waals surface area contributed by atoms with Gasteiger partial charge in [-0.3, -0.25) is 14.6 Å². The number of hydrogen-bond acceptors (Lipinski definition) is 4. The molecule has 2 aromatic heterocycles. The van der Waals surface area contributed by atoms with Crippen molar-refractivity contribution in [2.24, 2.45) is 0 Å². The number of carbonyl (C=O) groups excluding carboxylic acids is 2. The molecule has 0 bridgehead atoms. The SMILES string of the molecule is O=C(NCc1ccco1)c1cc(C(=O)N2CCc3ccccc3C2)ccn1. The summed E-state index contributed by atoms with van der Waals surface area (Å²) in [7, 11) is 0. The van der Waals surface area contributed by atoms with E-state index in [1.54, 1.807) is 30.5 Å². The Labute approximate surface area is 156 Å². The number of furan rings is 1. The molecule has 2 amide bonds. The van der Waals surface area contributed by atoms with Crippen molar-refractivity contribution in [3.63, 3.8) is 0 Å². The molecule has 0 radical (unpaired) electrons. The zero-order valence-electron chi connectivity index (χ0n) is 14.7. The quantitative estimate of drug-likeness (QED) is 0.775. The van der Waals surface area contributed by atoms with Crippen molar-refractivity contribution < 1.29 is 14.0 Å². The van der Waals surface area contributed by atoms with Crippen LogP contribution in [0.5, 0.6) is 0 Å². The van der Waals surface area contributed by atoms with E-state index in [-0.39, 0.29) is 24.1 Å². The number of fused-ring (bicyclic) bond motifs is 1. The molecule has 1 aromatic carbocycles. The lowest BCUT2D eigenvalue weighted by atomic mass is 9.99. The highest BCUT2D eigenvalue weighted by atomic mass is 16.3. The van der Waals surface area contributed by atoms with Crippen LogP contribution in [-0.4, -0.2) is 28.2 Å². The fraction of sp³-hybridized carbons (Fsp3) is 0.190. The summed E-state index contributed by atoms with van der Waals surface area (Å²) in [4.78, 5) is 31.1. The van der Waals surface area contributed by atoms with Crippen molar-refractivity contribution >= 4 is 11.8 Å². The highest BCUT2D eigenvalue weighted by molar-refractivity contribution is 5.98. The summed E-state index contributed by atoms with van der Waals surface area (Å²) in [6.45, 7) is 1.52. The molecule has 0 aliphatic carbocycles. The van der Waals surface area contributed by atoms with Gasteiger partial charge < -0.3 is 14.6 Å². The molecule has 1 aliphatic rings. The molecule has 3 heterocycles. The second-order valence-corrected chi connectivity index (χ2v) is 6.44. The second-order valence-electron chi connectivity index (χ2n) is 6.44. The topological polar surface area (TPSA) is 75.4 Å². The molecule has 0 atom stereocenters. The molecule has 3 aromatic rings. The van der Waals surface area contributed by atoms with E-state index >= 15 is 0 Å². The number of amides is 2. The Morgan fingerprint density at radius 3 is 2.78 bits per heavy atom. The van der Waals surface area contributed by atoms with Crippen molar-refractivity contribution in [2.75, 3.05) is 6.54 Å². The van der Waals surface area contributed by atoms with Crippen LogP contribution in [0.3, 0.4) is 0 Å². The first kappa shape index (κ1) is 17.0. The summed E-state index contributed by atoms with van der Waals surface area (Å²) in [6.07, 6.45) is 3.88. The predicted molar refractivity (Wildman–Crippen MR) is 99.0 cm³/mol. The third-order valence-electron chi connectivity index (χ3n) is 4.66. The minimum atomic E-state index is -0.343. The number of hydrogen-bond donors (Lipinski definition) is 1. The monoisotopic (exact) mass is 361 g/mol. The molecule has 6 nitrogen and oxygen atoms in total. The van der Waals surface area contributed by atoms with Gasteiger partial charge in [-0.05, 0) is 41.8 Å². The van der Waals surface area contributed by atoms with Crippen LogP contribution in [0.25, 0.3) is 0 Å². The molecule has 136 valence electrons. The van der Waals surface area contributed by atoms with Gasteiger partial charge in [-0.2, -0.15) is 0 Å². The molecule has 6 heteroatoms. The molecule has 0 saturated heterocycles. The maximum Gasteiger partial charge on any atom is 0.270 e. The first-order chi connectivity index (χ1) is 13.2. The summed E-state index contributed by atoms with van der Waals surface area (Å²) < 4.78 is 5.19. The molecular formula is C21H19N3O3.